The maximum Gasteiger partial charge on any atom is 0.0916 e. The van der Waals surface area contributed by atoms with Gasteiger partial charge in [0, 0.05) is 6.54 Å². The van der Waals surface area contributed by atoms with E-state index >= 15 is 0 Å². The molecule has 0 fully saturated rings. The van der Waals surface area contributed by atoms with Crippen molar-refractivity contribution in [1.82, 2.24) is 4.90 Å². The molecule has 0 aliphatic rings. The molecule has 1 atom stereocenters. The molecule has 0 heterocycles. The average Bonchev–Trinajstić information content (AvgIpc) is 2.27. The zero-order valence-electron chi connectivity index (χ0n) is 9.72. The van der Waals surface area contributed by atoms with Gasteiger partial charge in [0.05, 0.1) is 6.10 Å². The first-order valence-corrected chi connectivity index (χ1v) is 5.48. The van der Waals surface area contributed by atoms with E-state index in [4.69, 9.17) is 0 Å². The molecular formula is C14H17NO. The fraction of sp³-hybridized carbons (Fsp3) is 0.286. The summed E-state index contributed by atoms with van der Waals surface area (Å²) in [7, 11) is 3.93. The van der Waals surface area contributed by atoms with Gasteiger partial charge in [-0.2, -0.15) is 0 Å². The van der Waals surface area contributed by atoms with E-state index < -0.39 is 6.10 Å². The summed E-state index contributed by atoms with van der Waals surface area (Å²) in [4.78, 5) is 1.99. The molecule has 0 bridgehead atoms. The Bertz CT molecular complexity index is 479. The predicted molar refractivity (Wildman–Crippen MR) is 67.5 cm³/mol. The Morgan fingerprint density at radius 3 is 2.44 bits per heavy atom. The summed E-state index contributed by atoms with van der Waals surface area (Å²) >= 11 is 0. The van der Waals surface area contributed by atoms with Crippen molar-refractivity contribution in [2.24, 2.45) is 0 Å². The SMILES string of the molecule is CN(C)C[C@@H](O)c1ccc2ccccc2c1. The van der Waals surface area contributed by atoms with Gasteiger partial charge in [0.2, 0.25) is 0 Å². The minimum atomic E-state index is -0.417. The van der Waals surface area contributed by atoms with Gasteiger partial charge in [-0.15, -0.1) is 0 Å². The highest BCUT2D eigenvalue weighted by atomic mass is 16.3. The van der Waals surface area contributed by atoms with E-state index in [2.05, 4.69) is 24.3 Å². The number of fused-ring (bicyclic) bond motifs is 1. The largest absolute Gasteiger partial charge is 0.387 e. The molecule has 0 radical (unpaired) electrons. The van der Waals surface area contributed by atoms with Crippen molar-refractivity contribution in [3.8, 4) is 0 Å². The van der Waals surface area contributed by atoms with E-state index in [0.29, 0.717) is 6.54 Å². The molecule has 0 aliphatic carbocycles. The van der Waals surface area contributed by atoms with Crippen molar-refractivity contribution in [3.63, 3.8) is 0 Å². The van der Waals surface area contributed by atoms with E-state index in [-0.39, 0.29) is 0 Å². The van der Waals surface area contributed by atoms with E-state index in [9.17, 15) is 5.11 Å². The number of likely N-dealkylation sites (N-methyl/N-ethyl adjacent to an activating group) is 1. The van der Waals surface area contributed by atoms with Crippen LogP contribution in [0.4, 0.5) is 0 Å². The molecule has 2 aromatic rings. The molecule has 84 valence electrons. The maximum atomic E-state index is 10.0. The minimum absolute atomic E-state index is 0.417. The first kappa shape index (κ1) is 11.1. The van der Waals surface area contributed by atoms with E-state index in [1.54, 1.807) is 0 Å². The molecule has 0 saturated carbocycles. The number of aliphatic hydroxyl groups excluding tert-OH is 1. The van der Waals surface area contributed by atoms with Crippen molar-refractivity contribution in [1.29, 1.82) is 0 Å². The van der Waals surface area contributed by atoms with Gasteiger partial charge < -0.3 is 10.0 Å². The number of aliphatic hydroxyl groups is 1. The van der Waals surface area contributed by atoms with E-state index in [1.807, 2.05) is 37.2 Å². The minimum Gasteiger partial charge on any atom is -0.387 e. The highest BCUT2D eigenvalue weighted by Crippen LogP contribution is 2.20. The summed E-state index contributed by atoms with van der Waals surface area (Å²) in [6.07, 6.45) is -0.417. The van der Waals surface area contributed by atoms with E-state index in [0.717, 1.165) is 5.56 Å². The number of benzene rings is 2. The second-order valence-corrected chi connectivity index (χ2v) is 4.38. The molecule has 0 saturated heterocycles. The molecule has 2 heteroatoms. The third kappa shape index (κ3) is 2.40. The van der Waals surface area contributed by atoms with Gasteiger partial charge in [-0.05, 0) is 36.5 Å². The molecule has 0 spiro atoms. The lowest BCUT2D eigenvalue weighted by molar-refractivity contribution is 0.138. The highest BCUT2D eigenvalue weighted by Gasteiger charge is 2.08. The summed E-state index contributed by atoms with van der Waals surface area (Å²) in [5.41, 5.74) is 0.979. The van der Waals surface area contributed by atoms with Crippen LogP contribution in [-0.2, 0) is 0 Å². The van der Waals surface area contributed by atoms with Crippen molar-refractivity contribution in [3.05, 3.63) is 48.0 Å². The van der Waals surface area contributed by atoms with Crippen LogP contribution in [0.1, 0.15) is 11.7 Å². The van der Waals surface area contributed by atoms with Crippen molar-refractivity contribution in [2.75, 3.05) is 20.6 Å². The fourth-order valence-electron chi connectivity index (χ4n) is 1.87. The smallest absolute Gasteiger partial charge is 0.0916 e. The van der Waals surface area contributed by atoms with Crippen LogP contribution >= 0.6 is 0 Å². The third-order valence-corrected chi connectivity index (χ3v) is 2.70. The standard InChI is InChI=1S/C14H17NO/c1-15(2)10-14(16)13-8-7-11-5-3-4-6-12(11)9-13/h3-9,14,16H,10H2,1-2H3/t14-/m1/s1. The molecular weight excluding hydrogens is 198 g/mol. The van der Waals surface area contributed by atoms with Crippen LogP contribution in [-0.4, -0.2) is 30.6 Å². The monoisotopic (exact) mass is 215 g/mol. The predicted octanol–water partition coefficient (Wildman–Crippen LogP) is 2.43. The summed E-state index contributed by atoms with van der Waals surface area (Å²) in [6.45, 7) is 0.651. The van der Waals surface area contributed by atoms with Crippen LogP contribution < -0.4 is 0 Å². The lowest BCUT2D eigenvalue weighted by atomic mass is 10.0. The third-order valence-electron chi connectivity index (χ3n) is 2.70. The molecule has 0 aliphatic heterocycles. The van der Waals surface area contributed by atoms with Gasteiger partial charge in [-0.1, -0.05) is 36.4 Å². The van der Waals surface area contributed by atoms with Crippen molar-refractivity contribution in [2.45, 2.75) is 6.10 Å². The Morgan fingerprint density at radius 1 is 1.06 bits per heavy atom. The molecule has 16 heavy (non-hydrogen) atoms. The fourth-order valence-corrected chi connectivity index (χ4v) is 1.87. The second-order valence-electron chi connectivity index (χ2n) is 4.38. The Labute approximate surface area is 96.1 Å². The van der Waals surface area contributed by atoms with Gasteiger partial charge in [0.25, 0.3) is 0 Å². The van der Waals surface area contributed by atoms with Crippen LogP contribution in [0.2, 0.25) is 0 Å². The molecule has 2 aromatic carbocycles. The topological polar surface area (TPSA) is 23.5 Å². The van der Waals surface area contributed by atoms with Gasteiger partial charge in [-0.3, -0.25) is 0 Å². The number of nitrogens with zero attached hydrogens (tertiary/aromatic N) is 1. The van der Waals surface area contributed by atoms with Gasteiger partial charge in [-0.25, -0.2) is 0 Å². The highest BCUT2D eigenvalue weighted by molar-refractivity contribution is 5.83. The lowest BCUT2D eigenvalue weighted by Gasteiger charge is -2.16. The lowest BCUT2D eigenvalue weighted by Crippen LogP contribution is -2.19. The van der Waals surface area contributed by atoms with Crippen molar-refractivity contribution >= 4 is 10.8 Å². The van der Waals surface area contributed by atoms with Crippen LogP contribution in [0.15, 0.2) is 42.5 Å². The van der Waals surface area contributed by atoms with Crippen LogP contribution in [0.3, 0.4) is 0 Å². The Kier molecular flexibility index (Phi) is 3.22. The first-order valence-electron chi connectivity index (χ1n) is 5.48. The van der Waals surface area contributed by atoms with Crippen LogP contribution in [0, 0.1) is 0 Å². The molecule has 0 amide bonds. The quantitative estimate of drug-likeness (QED) is 0.850. The van der Waals surface area contributed by atoms with Crippen LogP contribution in [0.5, 0.6) is 0 Å². The van der Waals surface area contributed by atoms with Gasteiger partial charge >= 0.3 is 0 Å². The maximum absolute atomic E-state index is 10.0. The van der Waals surface area contributed by atoms with Gasteiger partial charge in [0.1, 0.15) is 0 Å². The molecule has 0 unspecified atom stereocenters. The zero-order valence-corrected chi connectivity index (χ0v) is 9.72. The van der Waals surface area contributed by atoms with Crippen molar-refractivity contribution < 1.29 is 5.11 Å². The zero-order chi connectivity index (χ0) is 11.5. The Morgan fingerprint density at radius 2 is 1.75 bits per heavy atom. The first-order chi connectivity index (χ1) is 7.66. The molecule has 2 rings (SSSR count). The molecule has 2 nitrogen and oxygen atoms in total. The number of rotatable bonds is 3. The summed E-state index contributed by atoms with van der Waals surface area (Å²) in [5.74, 6) is 0. The Hall–Kier alpha value is -1.38. The number of hydrogen-bond acceptors (Lipinski definition) is 2. The summed E-state index contributed by atoms with van der Waals surface area (Å²) in [5, 5.41) is 12.4. The van der Waals surface area contributed by atoms with Gasteiger partial charge in [0.15, 0.2) is 0 Å². The average molecular weight is 215 g/mol. The summed E-state index contributed by atoms with van der Waals surface area (Å²) < 4.78 is 0. The molecule has 0 aromatic heterocycles. The summed E-state index contributed by atoms with van der Waals surface area (Å²) in [6, 6.07) is 14.3. The Balaban J connectivity index is 2.32. The normalized spacial score (nSPS) is 13.2. The number of hydrogen-bond donors (Lipinski definition) is 1. The van der Waals surface area contributed by atoms with Crippen LogP contribution in [0.25, 0.3) is 10.8 Å². The van der Waals surface area contributed by atoms with E-state index in [1.165, 1.54) is 10.8 Å². The molecule has 1 N–H and O–H groups in total. The second kappa shape index (κ2) is 4.64.